The van der Waals surface area contributed by atoms with Crippen molar-refractivity contribution < 1.29 is 14.3 Å². The molecule has 1 N–H and O–H groups in total. The van der Waals surface area contributed by atoms with E-state index in [9.17, 15) is 9.18 Å². The van der Waals surface area contributed by atoms with Crippen LogP contribution in [0.15, 0.2) is 24.3 Å². The largest absolute Gasteiger partial charge is 0.480 e. The van der Waals surface area contributed by atoms with Crippen molar-refractivity contribution in [1.82, 2.24) is 0 Å². The van der Waals surface area contributed by atoms with E-state index >= 15 is 0 Å². The third-order valence-electron chi connectivity index (χ3n) is 3.23. The zero-order chi connectivity index (χ0) is 12.3. The van der Waals surface area contributed by atoms with Crippen LogP contribution in [0.1, 0.15) is 25.7 Å². The van der Waals surface area contributed by atoms with Crippen molar-refractivity contribution in [2.75, 3.05) is 11.4 Å². The molecule has 1 aliphatic rings. The summed E-state index contributed by atoms with van der Waals surface area (Å²) in [5.74, 6) is -1.26. The van der Waals surface area contributed by atoms with Gasteiger partial charge in [-0.2, -0.15) is 0 Å². The number of halogens is 1. The summed E-state index contributed by atoms with van der Waals surface area (Å²) in [6.45, 7) is -0.133. The Hall–Kier alpha value is -1.58. The van der Waals surface area contributed by atoms with Gasteiger partial charge in [-0.15, -0.1) is 0 Å². The molecule has 1 saturated carbocycles. The van der Waals surface area contributed by atoms with E-state index < -0.39 is 5.97 Å². The molecule has 1 aromatic rings. The van der Waals surface area contributed by atoms with E-state index in [0.29, 0.717) is 5.69 Å². The zero-order valence-electron chi connectivity index (χ0n) is 9.60. The molecule has 0 aliphatic heterocycles. The fraction of sp³-hybridized carbons (Fsp3) is 0.462. The smallest absolute Gasteiger partial charge is 0.323 e. The Morgan fingerprint density at radius 1 is 1.35 bits per heavy atom. The molecule has 0 radical (unpaired) electrons. The van der Waals surface area contributed by atoms with Gasteiger partial charge in [-0.05, 0) is 25.0 Å². The number of carboxylic acid groups (broad SMARTS) is 1. The van der Waals surface area contributed by atoms with Crippen LogP contribution in [0, 0.1) is 5.82 Å². The van der Waals surface area contributed by atoms with Gasteiger partial charge in [0.2, 0.25) is 0 Å². The third kappa shape index (κ3) is 2.75. The molecule has 0 atom stereocenters. The molecule has 92 valence electrons. The topological polar surface area (TPSA) is 40.5 Å². The van der Waals surface area contributed by atoms with E-state index in [1.54, 1.807) is 23.1 Å². The number of hydrogen-bond donors (Lipinski definition) is 1. The predicted molar refractivity (Wildman–Crippen MR) is 63.6 cm³/mol. The lowest BCUT2D eigenvalue weighted by atomic mass is 10.1. The van der Waals surface area contributed by atoms with Crippen molar-refractivity contribution in [3.8, 4) is 0 Å². The average molecular weight is 237 g/mol. The quantitative estimate of drug-likeness (QED) is 0.875. The number of carboxylic acids is 1. The van der Waals surface area contributed by atoms with Crippen LogP contribution in [0.4, 0.5) is 10.1 Å². The number of hydrogen-bond acceptors (Lipinski definition) is 2. The molecular formula is C13H16FNO2. The normalized spacial score (nSPS) is 16.1. The summed E-state index contributed by atoms with van der Waals surface area (Å²) in [5.41, 5.74) is 0.404. The number of nitrogens with zero attached hydrogens (tertiary/aromatic N) is 1. The highest BCUT2D eigenvalue weighted by atomic mass is 19.1. The Bertz CT molecular complexity index is 402. The second kappa shape index (κ2) is 5.17. The summed E-state index contributed by atoms with van der Waals surface area (Å²) < 4.78 is 13.7. The first-order valence-electron chi connectivity index (χ1n) is 5.91. The van der Waals surface area contributed by atoms with Crippen molar-refractivity contribution in [3.63, 3.8) is 0 Å². The lowest BCUT2D eigenvalue weighted by Crippen LogP contribution is -2.38. The lowest BCUT2D eigenvalue weighted by Gasteiger charge is -2.29. The van der Waals surface area contributed by atoms with Crippen LogP contribution >= 0.6 is 0 Å². The highest BCUT2D eigenvalue weighted by Gasteiger charge is 2.26. The van der Waals surface area contributed by atoms with Crippen molar-refractivity contribution in [3.05, 3.63) is 30.1 Å². The molecule has 1 fully saturated rings. The van der Waals surface area contributed by atoms with Gasteiger partial charge in [0.25, 0.3) is 0 Å². The molecule has 1 aromatic carbocycles. The maximum absolute atomic E-state index is 13.7. The molecule has 0 spiro atoms. The summed E-state index contributed by atoms with van der Waals surface area (Å²) in [7, 11) is 0. The first-order chi connectivity index (χ1) is 8.18. The summed E-state index contributed by atoms with van der Waals surface area (Å²) in [6, 6.07) is 6.53. The van der Waals surface area contributed by atoms with Gasteiger partial charge in [-0.25, -0.2) is 4.39 Å². The molecule has 3 nitrogen and oxygen atoms in total. The second-order valence-electron chi connectivity index (χ2n) is 4.41. The number of aliphatic carboxylic acids is 1. The molecule has 2 rings (SSSR count). The molecule has 17 heavy (non-hydrogen) atoms. The number of rotatable bonds is 4. The molecule has 0 aromatic heterocycles. The fourth-order valence-electron chi connectivity index (χ4n) is 2.46. The second-order valence-corrected chi connectivity index (χ2v) is 4.41. The molecule has 4 heteroatoms. The van der Waals surface area contributed by atoms with Gasteiger partial charge in [0.05, 0.1) is 5.69 Å². The number of anilines is 1. The van der Waals surface area contributed by atoms with Gasteiger partial charge < -0.3 is 10.0 Å². The summed E-state index contributed by atoms with van der Waals surface area (Å²) in [6.07, 6.45) is 4.08. The molecule has 0 saturated heterocycles. The van der Waals surface area contributed by atoms with E-state index in [4.69, 9.17) is 5.11 Å². The van der Waals surface area contributed by atoms with E-state index in [-0.39, 0.29) is 18.4 Å². The number of carbonyl (C=O) groups is 1. The highest BCUT2D eigenvalue weighted by Crippen LogP contribution is 2.29. The van der Waals surface area contributed by atoms with Crippen LogP contribution < -0.4 is 4.90 Å². The number of benzene rings is 1. The van der Waals surface area contributed by atoms with Crippen molar-refractivity contribution in [1.29, 1.82) is 0 Å². The standard InChI is InChI=1S/C13H16FNO2/c14-11-7-3-4-8-12(11)15(9-13(16)17)10-5-1-2-6-10/h3-4,7-8,10H,1-2,5-6,9H2,(H,16,17). The Morgan fingerprint density at radius 3 is 2.59 bits per heavy atom. The molecular weight excluding hydrogens is 221 g/mol. The van der Waals surface area contributed by atoms with Crippen LogP contribution in [0.25, 0.3) is 0 Å². The Balaban J connectivity index is 2.25. The summed E-state index contributed by atoms with van der Waals surface area (Å²) >= 11 is 0. The highest BCUT2D eigenvalue weighted by molar-refractivity contribution is 5.74. The van der Waals surface area contributed by atoms with Gasteiger partial charge in [-0.3, -0.25) is 4.79 Å². The molecule has 0 heterocycles. The van der Waals surface area contributed by atoms with Gasteiger partial charge in [0.15, 0.2) is 0 Å². The Labute approximate surface area is 99.9 Å². The van der Waals surface area contributed by atoms with E-state index in [0.717, 1.165) is 25.7 Å². The van der Waals surface area contributed by atoms with Crippen LogP contribution in [0.2, 0.25) is 0 Å². The summed E-state index contributed by atoms with van der Waals surface area (Å²) in [5, 5.41) is 8.93. The Kier molecular flexibility index (Phi) is 3.61. The van der Waals surface area contributed by atoms with Gasteiger partial charge in [-0.1, -0.05) is 25.0 Å². The average Bonchev–Trinajstić information content (AvgIpc) is 2.80. The van der Waals surface area contributed by atoms with Crippen LogP contribution in [-0.4, -0.2) is 23.7 Å². The first kappa shape index (κ1) is 11.9. The molecule has 1 aliphatic carbocycles. The van der Waals surface area contributed by atoms with E-state index in [1.807, 2.05) is 0 Å². The monoisotopic (exact) mass is 237 g/mol. The van der Waals surface area contributed by atoms with Crippen molar-refractivity contribution in [2.24, 2.45) is 0 Å². The minimum atomic E-state index is -0.917. The van der Waals surface area contributed by atoms with Crippen molar-refractivity contribution in [2.45, 2.75) is 31.7 Å². The maximum Gasteiger partial charge on any atom is 0.323 e. The Morgan fingerprint density at radius 2 is 2.00 bits per heavy atom. The van der Waals surface area contributed by atoms with Crippen LogP contribution in [0.3, 0.4) is 0 Å². The predicted octanol–water partition coefficient (Wildman–Crippen LogP) is 2.66. The third-order valence-corrected chi connectivity index (χ3v) is 3.23. The minimum Gasteiger partial charge on any atom is -0.480 e. The number of para-hydroxylation sites is 1. The zero-order valence-corrected chi connectivity index (χ0v) is 9.60. The SMILES string of the molecule is O=C(O)CN(c1ccccc1F)C1CCCC1. The molecule has 0 bridgehead atoms. The van der Waals surface area contributed by atoms with Gasteiger partial charge in [0, 0.05) is 6.04 Å². The van der Waals surface area contributed by atoms with Crippen molar-refractivity contribution >= 4 is 11.7 Å². The molecule has 0 amide bonds. The first-order valence-corrected chi connectivity index (χ1v) is 5.91. The molecule has 0 unspecified atom stereocenters. The van der Waals surface area contributed by atoms with Crippen LogP contribution in [0.5, 0.6) is 0 Å². The van der Waals surface area contributed by atoms with E-state index in [2.05, 4.69) is 0 Å². The maximum atomic E-state index is 13.7. The van der Waals surface area contributed by atoms with Gasteiger partial charge in [0.1, 0.15) is 12.4 Å². The minimum absolute atomic E-state index is 0.133. The van der Waals surface area contributed by atoms with Crippen LogP contribution in [-0.2, 0) is 4.79 Å². The van der Waals surface area contributed by atoms with E-state index in [1.165, 1.54) is 6.07 Å². The fourth-order valence-corrected chi connectivity index (χ4v) is 2.46. The lowest BCUT2D eigenvalue weighted by molar-refractivity contribution is -0.135. The summed E-state index contributed by atoms with van der Waals surface area (Å²) in [4.78, 5) is 12.6. The van der Waals surface area contributed by atoms with Gasteiger partial charge >= 0.3 is 5.97 Å².